The summed E-state index contributed by atoms with van der Waals surface area (Å²) in [6.45, 7) is 0.539. The number of hydrogen-bond acceptors (Lipinski definition) is 2. The molecule has 0 aromatic heterocycles. The van der Waals surface area contributed by atoms with E-state index in [4.69, 9.17) is 10.8 Å². The molecule has 3 nitrogen and oxygen atoms in total. The number of benzene rings is 1. The minimum atomic E-state index is -0.845. The van der Waals surface area contributed by atoms with Crippen LogP contribution in [0.4, 0.5) is 0 Å². The second kappa shape index (κ2) is 3.42. The lowest BCUT2D eigenvalue weighted by molar-refractivity contribution is 0.0695. The lowest BCUT2D eigenvalue weighted by Gasteiger charge is -2.10. The first-order chi connectivity index (χ1) is 6.74. The van der Waals surface area contributed by atoms with Gasteiger partial charge in [-0.3, -0.25) is 0 Å². The number of rotatable bonds is 2. The summed E-state index contributed by atoms with van der Waals surface area (Å²) in [7, 11) is 0. The molecule has 0 heterocycles. The summed E-state index contributed by atoms with van der Waals surface area (Å²) in [5.41, 5.74) is 8.16. The lowest BCUT2D eigenvalue weighted by Crippen LogP contribution is -2.13. The Morgan fingerprint density at radius 3 is 3.00 bits per heavy atom. The average molecular weight is 191 g/mol. The van der Waals surface area contributed by atoms with E-state index in [0.717, 1.165) is 24.0 Å². The molecule has 1 unspecified atom stereocenters. The molecule has 74 valence electrons. The van der Waals surface area contributed by atoms with Crippen LogP contribution in [0.15, 0.2) is 18.2 Å². The second-order valence-electron chi connectivity index (χ2n) is 3.65. The summed E-state index contributed by atoms with van der Waals surface area (Å²) >= 11 is 0. The molecule has 2 rings (SSSR count). The Balaban J connectivity index is 2.54. The number of fused-ring (bicyclic) bond motifs is 1. The van der Waals surface area contributed by atoms with E-state index in [0.29, 0.717) is 12.1 Å². The van der Waals surface area contributed by atoms with E-state index in [2.05, 4.69) is 0 Å². The molecule has 0 radical (unpaired) electrons. The third-order valence-electron chi connectivity index (χ3n) is 2.88. The third-order valence-corrected chi connectivity index (χ3v) is 2.88. The number of carboxylic acids is 1. The molecule has 0 saturated heterocycles. The molecule has 0 fully saturated rings. The van der Waals surface area contributed by atoms with E-state index < -0.39 is 5.97 Å². The number of carboxylic acid groups (broad SMARTS) is 1. The zero-order valence-corrected chi connectivity index (χ0v) is 7.86. The smallest absolute Gasteiger partial charge is 0.335 e. The van der Waals surface area contributed by atoms with Gasteiger partial charge in [0.15, 0.2) is 0 Å². The van der Waals surface area contributed by atoms with Gasteiger partial charge in [-0.05, 0) is 42.5 Å². The first kappa shape index (κ1) is 9.21. The molecule has 1 aromatic rings. The van der Waals surface area contributed by atoms with Gasteiger partial charge in [-0.2, -0.15) is 0 Å². The van der Waals surface area contributed by atoms with Gasteiger partial charge in [0.05, 0.1) is 5.56 Å². The molecule has 14 heavy (non-hydrogen) atoms. The van der Waals surface area contributed by atoms with Gasteiger partial charge in [0.25, 0.3) is 0 Å². The van der Waals surface area contributed by atoms with Crippen molar-refractivity contribution in [3.63, 3.8) is 0 Å². The molecule has 1 atom stereocenters. The highest BCUT2D eigenvalue weighted by Crippen LogP contribution is 2.34. The van der Waals surface area contributed by atoms with Gasteiger partial charge < -0.3 is 10.8 Å². The Morgan fingerprint density at radius 2 is 2.36 bits per heavy atom. The normalized spacial score (nSPS) is 19.4. The fraction of sp³-hybridized carbons (Fsp3) is 0.364. The van der Waals surface area contributed by atoms with Crippen LogP contribution in [0.25, 0.3) is 0 Å². The number of carbonyl (C=O) groups is 1. The summed E-state index contributed by atoms with van der Waals surface area (Å²) in [6, 6.07) is 5.47. The maximum atomic E-state index is 11.0. The number of hydrogen-bond donors (Lipinski definition) is 2. The van der Waals surface area contributed by atoms with Gasteiger partial charge in [0.1, 0.15) is 0 Å². The molecular formula is C11H13NO2. The van der Waals surface area contributed by atoms with Crippen molar-refractivity contribution < 1.29 is 9.90 Å². The predicted octanol–water partition coefficient (Wildman–Crippen LogP) is 1.37. The number of aryl methyl sites for hydroxylation is 1. The van der Waals surface area contributed by atoms with E-state index in [1.165, 1.54) is 0 Å². The molecule has 1 aromatic carbocycles. The summed E-state index contributed by atoms with van der Waals surface area (Å²) in [6.07, 6.45) is 1.94. The van der Waals surface area contributed by atoms with Crippen LogP contribution in [-0.4, -0.2) is 17.6 Å². The average Bonchev–Trinajstić information content (AvgIpc) is 2.59. The fourth-order valence-electron chi connectivity index (χ4n) is 2.21. The highest BCUT2D eigenvalue weighted by Gasteiger charge is 2.26. The van der Waals surface area contributed by atoms with Crippen molar-refractivity contribution in [1.82, 2.24) is 0 Å². The molecule has 3 N–H and O–H groups in total. The van der Waals surface area contributed by atoms with E-state index in [1.807, 2.05) is 6.07 Å². The van der Waals surface area contributed by atoms with Gasteiger partial charge in [-0.15, -0.1) is 0 Å². The summed E-state index contributed by atoms with van der Waals surface area (Å²) in [5, 5.41) is 9.02. The van der Waals surface area contributed by atoms with Crippen molar-refractivity contribution in [2.24, 2.45) is 5.73 Å². The van der Waals surface area contributed by atoms with E-state index in [9.17, 15) is 4.79 Å². The Bertz CT molecular complexity index is 374. The van der Waals surface area contributed by atoms with Crippen molar-refractivity contribution in [1.29, 1.82) is 0 Å². The largest absolute Gasteiger partial charge is 0.478 e. The first-order valence-corrected chi connectivity index (χ1v) is 4.79. The van der Waals surface area contributed by atoms with Gasteiger partial charge in [0.2, 0.25) is 0 Å². The van der Waals surface area contributed by atoms with Crippen molar-refractivity contribution in [2.75, 3.05) is 6.54 Å². The fourth-order valence-corrected chi connectivity index (χ4v) is 2.21. The molecule has 3 heteroatoms. The Morgan fingerprint density at radius 1 is 1.57 bits per heavy atom. The van der Waals surface area contributed by atoms with Crippen molar-refractivity contribution in [2.45, 2.75) is 18.8 Å². The quantitative estimate of drug-likeness (QED) is 0.742. The molecule has 0 bridgehead atoms. The van der Waals surface area contributed by atoms with Crippen LogP contribution in [-0.2, 0) is 6.42 Å². The van der Waals surface area contributed by atoms with Crippen LogP contribution in [0.1, 0.15) is 33.8 Å². The SMILES string of the molecule is NCC1CCc2cccc(C(=O)O)c21. The Kier molecular flexibility index (Phi) is 2.25. The highest BCUT2D eigenvalue weighted by molar-refractivity contribution is 5.90. The van der Waals surface area contributed by atoms with Crippen LogP contribution in [0.5, 0.6) is 0 Å². The Hall–Kier alpha value is -1.35. The van der Waals surface area contributed by atoms with Gasteiger partial charge >= 0.3 is 5.97 Å². The third kappa shape index (κ3) is 1.30. The molecule has 1 aliphatic carbocycles. The van der Waals surface area contributed by atoms with E-state index in [-0.39, 0.29) is 5.92 Å². The van der Waals surface area contributed by atoms with Crippen LogP contribution < -0.4 is 5.73 Å². The van der Waals surface area contributed by atoms with Crippen LogP contribution in [0.2, 0.25) is 0 Å². The summed E-state index contributed by atoms with van der Waals surface area (Å²) < 4.78 is 0. The summed E-state index contributed by atoms with van der Waals surface area (Å²) in [4.78, 5) is 11.0. The first-order valence-electron chi connectivity index (χ1n) is 4.79. The zero-order chi connectivity index (χ0) is 10.1. The Labute approximate surface area is 82.5 Å². The van der Waals surface area contributed by atoms with Crippen LogP contribution >= 0.6 is 0 Å². The maximum Gasteiger partial charge on any atom is 0.335 e. The minimum Gasteiger partial charge on any atom is -0.478 e. The van der Waals surface area contributed by atoms with Crippen molar-refractivity contribution >= 4 is 5.97 Å². The molecule has 1 aliphatic rings. The van der Waals surface area contributed by atoms with Crippen LogP contribution in [0.3, 0.4) is 0 Å². The second-order valence-corrected chi connectivity index (χ2v) is 3.65. The van der Waals surface area contributed by atoms with Crippen molar-refractivity contribution in [3.05, 3.63) is 34.9 Å². The minimum absolute atomic E-state index is 0.234. The van der Waals surface area contributed by atoms with Gasteiger partial charge in [-0.25, -0.2) is 4.79 Å². The maximum absolute atomic E-state index is 11.0. The van der Waals surface area contributed by atoms with Gasteiger partial charge in [0, 0.05) is 0 Å². The van der Waals surface area contributed by atoms with Gasteiger partial charge in [-0.1, -0.05) is 12.1 Å². The number of nitrogens with two attached hydrogens (primary N) is 1. The van der Waals surface area contributed by atoms with E-state index >= 15 is 0 Å². The van der Waals surface area contributed by atoms with Crippen LogP contribution in [0, 0.1) is 0 Å². The zero-order valence-electron chi connectivity index (χ0n) is 7.86. The molecule has 0 amide bonds. The summed E-state index contributed by atoms with van der Waals surface area (Å²) in [5.74, 6) is -0.612. The lowest BCUT2D eigenvalue weighted by atomic mass is 9.96. The standard InChI is InChI=1S/C11H13NO2/c12-6-8-5-4-7-2-1-3-9(10(7)8)11(13)14/h1-3,8H,4-6,12H2,(H,13,14). The topological polar surface area (TPSA) is 63.3 Å². The monoisotopic (exact) mass is 191 g/mol. The van der Waals surface area contributed by atoms with E-state index in [1.54, 1.807) is 12.1 Å². The molecule has 0 aliphatic heterocycles. The molecular weight excluding hydrogens is 178 g/mol. The predicted molar refractivity (Wildman–Crippen MR) is 53.5 cm³/mol. The number of aromatic carboxylic acids is 1. The van der Waals surface area contributed by atoms with Crippen molar-refractivity contribution in [3.8, 4) is 0 Å². The molecule has 0 saturated carbocycles. The highest BCUT2D eigenvalue weighted by atomic mass is 16.4. The molecule has 0 spiro atoms.